The molecule has 3 heterocycles. The SMILES string of the molecule is C1=CSC(=CC=C2SC3=C(SCCS3)S2)S1. The molecule has 3 aliphatic heterocycles. The van der Waals surface area contributed by atoms with E-state index >= 15 is 0 Å². The van der Waals surface area contributed by atoms with Crippen LogP contribution in [0.5, 0.6) is 0 Å². The van der Waals surface area contributed by atoms with Crippen molar-refractivity contribution in [2.75, 3.05) is 11.5 Å². The third kappa shape index (κ3) is 2.90. The molecule has 0 amide bonds. The third-order valence-corrected chi connectivity index (χ3v) is 9.60. The highest BCUT2D eigenvalue weighted by molar-refractivity contribution is 8.41. The third-order valence-electron chi connectivity index (χ3n) is 1.88. The van der Waals surface area contributed by atoms with Crippen LogP contribution in [0, 0.1) is 0 Å². The molecule has 0 fully saturated rings. The van der Waals surface area contributed by atoms with Crippen LogP contribution < -0.4 is 0 Å². The molecule has 0 atom stereocenters. The molecular weight excluding hydrogens is 313 g/mol. The van der Waals surface area contributed by atoms with E-state index in [1.165, 1.54) is 28.5 Å². The Kier molecular flexibility index (Phi) is 4.39. The van der Waals surface area contributed by atoms with Crippen molar-refractivity contribution in [2.24, 2.45) is 0 Å². The molecule has 0 aromatic heterocycles. The first-order valence-electron chi connectivity index (χ1n) is 4.68. The smallest absolute Gasteiger partial charge is 0.0660 e. The summed E-state index contributed by atoms with van der Waals surface area (Å²) >= 11 is 11.5. The average molecular weight is 321 g/mol. The van der Waals surface area contributed by atoms with E-state index in [2.05, 4.69) is 23.0 Å². The first kappa shape index (κ1) is 12.1. The summed E-state index contributed by atoms with van der Waals surface area (Å²) in [7, 11) is 0. The minimum absolute atomic E-state index is 1.26. The van der Waals surface area contributed by atoms with Gasteiger partial charge >= 0.3 is 0 Å². The van der Waals surface area contributed by atoms with Gasteiger partial charge in [-0.25, -0.2) is 0 Å². The molecule has 0 bridgehead atoms. The summed E-state index contributed by atoms with van der Waals surface area (Å²) in [6, 6.07) is 0. The highest BCUT2D eigenvalue weighted by Crippen LogP contribution is 2.59. The Labute approximate surface area is 121 Å². The normalized spacial score (nSPS) is 24.0. The van der Waals surface area contributed by atoms with E-state index < -0.39 is 0 Å². The number of allylic oxidation sites excluding steroid dienone is 2. The predicted molar refractivity (Wildman–Crippen MR) is 87.6 cm³/mol. The molecular formula is C10H8S6. The summed E-state index contributed by atoms with van der Waals surface area (Å²) in [6.07, 6.45) is 4.50. The van der Waals surface area contributed by atoms with Crippen molar-refractivity contribution in [1.82, 2.24) is 0 Å². The molecule has 0 saturated heterocycles. The molecule has 0 unspecified atom stereocenters. The van der Waals surface area contributed by atoms with E-state index in [0.717, 1.165) is 0 Å². The van der Waals surface area contributed by atoms with Crippen molar-refractivity contribution in [2.45, 2.75) is 0 Å². The molecule has 0 aliphatic carbocycles. The summed E-state index contributed by atoms with van der Waals surface area (Å²) in [5.41, 5.74) is 0. The zero-order chi connectivity index (χ0) is 10.8. The number of hydrogen-bond donors (Lipinski definition) is 0. The van der Waals surface area contributed by atoms with Gasteiger partial charge in [-0.2, -0.15) is 0 Å². The van der Waals surface area contributed by atoms with Crippen LogP contribution in [0.3, 0.4) is 0 Å². The van der Waals surface area contributed by atoms with Crippen molar-refractivity contribution >= 4 is 70.6 Å². The van der Waals surface area contributed by atoms with E-state index in [-0.39, 0.29) is 0 Å². The van der Waals surface area contributed by atoms with Gasteiger partial charge in [0.25, 0.3) is 0 Å². The Hall–Kier alpha value is 1.06. The van der Waals surface area contributed by atoms with Crippen LogP contribution >= 0.6 is 70.6 Å². The molecule has 0 N–H and O–H groups in total. The van der Waals surface area contributed by atoms with Gasteiger partial charge in [-0.3, -0.25) is 0 Å². The number of rotatable bonds is 1. The number of hydrogen-bond acceptors (Lipinski definition) is 6. The van der Waals surface area contributed by atoms with Crippen molar-refractivity contribution in [3.8, 4) is 0 Å². The lowest BCUT2D eigenvalue weighted by atomic mass is 10.6. The van der Waals surface area contributed by atoms with Crippen LogP contribution in [-0.4, -0.2) is 11.5 Å². The average Bonchev–Trinajstić information content (AvgIpc) is 2.95. The molecule has 6 heteroatoms. The van der Waals surface area contributed by atoms with Crippen molar-refractivity contribution < 1.29 is 0 Å². The Morgan fingerprint density at radius 3 is 2.00 bits per heavy atom. The Morgan fingerprint density at radius 2 is 1.38 bits per heavy atom. The second-order valence-corrected chi connectivity index (χ2v) is 10.2. The molecule has 0 spiro atoms. The molecule has 0 radical (unpaired) electrons. The Morgan fingerprint density at radius 1 is 0.812 bits per heavy atom. The molecule has 0 aromatic rings. The fraction of sp³-hybridized carbons (Fsp3) is 0.200. The molecule has 0 aromatic carbocycles. The summed E-state index contributed by atoms with van der Waals surface area (Å²) in [5.74, 6) is 2.53. The van der Waals surface area contributed by atoms with Gasteiger partial charge in [0, 0.05) is 15.7 Å². The maximum atomic E-state index is 2.26. The summed E-state index contributed by atoms with van der Waals surface area (Å²) in [5, 5.41) is 4.28. The zero-order valence-electron chi connectivity index (χ0n) is 8.17. The van der Waals surface area contributed by atoms with E-state index in [1.807, 2.05) is 70.6 Å². The highest BCUT2D eigenvalue weighted by Gasteiger charge is 2.24. The van der Waals surface area contributed by atoms with Crippen LogP contribution in [0.15, 0.2) is 39.9 Å². The van der Waals surface area contributed by atoms with E-state index in [1.54, 1.807) is 0 Å². The fourth-order valence-electron chi connectivity index (χ4n) is 1.23. The molecule has 16 heavy (non-hydrogen) atoms. The largest absolute Gasteiger partial charge is 0.116 e. The first-order valence-corrected chi connectivity index (χ1v) is 10.0. The van der Waals surface area contributed by atoms with Crippen LogP contribution in [-0.2, 0) is 0 Å². The fourth-order valence-corrected chi connectivity index (χ4v) is 8.57. The van der Waals surface area contributed by atoms with Gasteiger partial charge in [-0.05, 0) is 23.0 Å². The maximum Gasteiger partial charge on any atom is 0.0660 e. The van der Waals surface area contributed by atoms with Crippen LogP contribution in [0.25, 0.3) is 0 Å². The van der Waals surface area contributed by atoms with E-state index in [9.17, 15) is 0 Å². The lowest BCUT2D eigenvalue weighted by Gasteiger charge is -2.08. The molecule has 84 valence electrons. The molecule has 0 saturated carbocycles. The lowest BCUT2D eigenvalue weighted by molar-refractivity contribution is 1.56. The van der Waals surface area contributed by atoms with Crippen LogP contribution in [0.2, 0.25) is 0 Å². The number of thioether (sulfide) groups is 6. The lowest BCUT2D eigenvalue weighted by Crippen LogP contribution is -1.88. The topological polar surface area (TPSA) is 0 Å². The molecule has 0 nitrogen and oxygen atoms in total. The summed E-state index contributed by atoms with van der Waals surface area (Å²) in [4.78, 5) is 0. The highest BCUT2D eigenvalue weighted by atomic mass is 32.3. The van der Waals surface area contributed by atoms with Crippen LogP contribution in [0.4, 0.5) is 0 Å². The zero-order valence-corrected chi connectivity index (χ0v) is 13.1. The van der Waals surface area contributed by atoms with Gasteiger partial charge in [-0.15, -0.1) is 23.5 Å². The van der Waals surface area contributed by atoms with Crippen molar-refractivity contribution in [3.05, 3.63) is 39.9 Å². The van der Waals surface area contributed by atoms with Gasteiger partial charge in [-0.1, -0.05) is 47.0 Å². The second-order valence-electron chi connectivity index (χ2n) is 2.96. The first-order chi connectivity index (χ1) is 7.92. The summed E-state index contributed by atoms with van der Waals surface area (Å²) < 4.78 is 5.85. The van der Waals surface area contributed by atoms with Crippen molar-refractivity contribution in [1.29, 1.82) is 0 Å². The van der Waals surface area contributed by atoms with E-state index in [4.69, 9.17) is 0 Å². The quantitative estimate of drug-likeness (QED) is 0.603. The predicted octanol–water partition coefficient (Wildman–Crippen LogP) is 5.71. The Balaban J connectivity index is 1.66. The summed E-state index contributed by atoms with van der Waals surface area (Å²) in [6.45, 7) is 0. The minimum atomic E-state index is 1.26. The molecule has 3 rings (SSSR count). The second kappa shape index (κ2) is 5.80. The van der Waals surface area contributed by atoms with Gasteiger partial charge in [0.15, 0.2) is 0 Å². The Bertz CT molecular complexity index is 387. The van der Waals surface area contributed by atoms with Crippen LogP contribution in [0.1, 0.15) is 0 Å². The van der Waals surface area contributed by atoms with Gasteiger partial charge in [0.05, 0.1) is 12.7 Å². The monoisotopic (exact) mass is 320 g/mol. The standard InChI is InChI=1S/C10H8S6/c1(7-11-3-4-12-7)2-8-15-9-10(16-8)14-6-5-13-9/h1-4H,5-6H2. The maximum absolute atomic E-state index is 2.26. The van der Waals surface area contributed by atoms with Gasteiger partial charge in [0.2, 0.25) is 0 Å². The minimum Gasteiger partial charge on any atom is -0.116 e. The van der Waals surface area contributed by atoms with Gasteiger partial charge in [0.1, 0.15) is 0 Å². The van der Waals surface area contributed by atoms with Gasteiger partial charge < -0.3 is 0 Å². The van der Waals surface area contributed by atoms with Crippen molar-refractivity contribution in [3.63, 3.8) is 0 Å². The van der Waals surface area contributed by atoms with E-state index in [0.29, 0.717) is 0 Å². The molecule has 3 aliphatic rings.